The summed E-state index contributed by atoms with van der Waals surface area (Å²) in [6.07, 6.45) is 3.73. The third-order valence-electron chi connectivity index (χ3n) is 3.85. The summed E-state index contributed by atoms with van der Waals surface area (Å²) in [7, 11) is 0. The van der Waals surface area contributed by atoms with Crippen molar-refractivity contribution >= 4 is 23.2 Å². The van der Waals surface area contributed by atoms with Crippen LogP contribution in [0.5, 0.6) is 0 Å². The van der Waals surface area contributed by atoms with E-state index in [-0.39, 0.29) is 0 Å². The average molecular weight is 322 g/mol. The summed E-state index contributed by atoms with van der Waals surface area (Å²) < 4.78 is 0. The molecule has 1 aromatic heterocycles. The molecule has 1 fully saturated rings. The fourth-order valence-corrected chi connectivity index (χ4v) is 3.24. The maximum Gasteiger partial charge on any atom is 0.0492 e. The van der Waals surface area contributed by atoms with E-state index < -0.39 is 0 Å². The van der Waals surface area contributed by atoms with E-state index in [9.17, 15) is 0 Å². The van der Waals surface area contributed by atoms with Gasteiger partial charge in [-0.1, -0.05) is 35.3 Å². The third kappa shape index (κ3) is 3.38. The second-order valence-corrected chi connectivity index (χ2v) is 5.99. The first-order chi connectivity index (χ1) is 10.3. The van der Waals surface area contributed by atoms with Crippen LogP contribution in [0.3, 0.4) is 0 Å². The molecule has 1 atom stereocenters. The van der Waals surface area contributed by atoms with E-state index in [1.807, 2.05) is 30.5 Å². The lowest BCUT2D eigenvalue weighted by Gasteiger charge is -2.36. The summed E-state index contributed by atoms with van der Waals surface area (Å²) in [6, 6.07) is 10.1. The number of hydrogen-bond donors (Lipinski definition) is 1. The summed E-state index contributed by atoms with van der Waals surface area (Å²) in [6.45, 7) is 3.59. The molecule has 0 saturated carbocycles. The van der Waals surface area contributed by atoms with E-state index in [0.717, 1.165) is 41.8 Å². The topological polar surface area (TPSA) is 28.2 Å². The fraction of sp³-hybridized carbons (Fsp3) is 0.312. The van der Waals surface area contributed by atoms with Gasteiger partial charge in [0.2, 0.25) is 0 Å². The van der Waals surface area contributed by atoms with E-state index in [1.165, 1.54) is 5.56 Å². The van der Waals surface area contributed by atoms with Crippen molar-refractivity contribution in [2.45, 2.75) is 12.6 Å². The summed E-state index contributed by atoms with van der Waals surface area (Å²) >= 11 is 12.6. The molecule has 5 heteroatoms. The Kier molecular flexibility index (Phi) is 4.76. The molecule has 110 valence electrons. The maximum atomic E-state index is 6.30. The summed E-state index contributed by atoms with van der Waals surface area (Å²) in [5, 5.41) is 4.90. The molecule has 0 amide bonds. The Balaban J connectivity index is 1.85. The van der Waals surface area contributed by atoms with Crippen LogP contribution in [0, 0.1) is 0 Å². The lowest BCUT2D eigenvalue weighted by molar-refractivity contribution is 0.153. The van der Waals surface area contributed by atoms with E-state index >= 15 is 0 Å². The van der Waals surface area contributed by atoms with E-state index in [1.54, 1.807) is 6.20 Å². The highest BCUT2D eigenvalue weighted by Crippen LogP contribution is 2.30. The number of aromatic nitrogens is 1. The highest BCUT2D eigenvalue weighted by molar-refractivity contribution is 6.35. The van der Waals surface area contributed by atoms with Gasteiger partial charge in [-0.05, 0) is 23.8 Å². The number of piperazine rings is 1. The molecule has 0 bridgehead atoms. The van der Waals surface area contributed by atoms with Gasteiger partial charge in [0.15, 0.2) is 0 Å². The lowest BCUT2D eigenvalue weighted by Crippen LogP contribution is -2.45. The largest absolute Gasteiger partial charge is 0.314 e. The van der Waals surface area contributed by atoms with Gasteiger partial charge in [-0.25, -0.2) is 0 Å². The lowest BCUT2D eigenvalue weighted by atomic mass is 10.0. The van der Waals surface area contributed by atoms with Gasteiger partial charge in [-0.2, -0.15) is 0 Å². The van der Waals surface area contributed by atoms with Crippen LogP contribution in [-0.2, 0) is 6.54 Å². The molecule has 2 heterocycles. The van der Waals surface area contributed by atoms with Gasteiger partial charge in [-0.3, -0.25) is 9.88 Å². The number of hydrogen-bond acceptors (Lipinski definition) is 3. The Labute approximate surface area is 134 Å². The SMILES string of the molecule is Clc1cccc(Cl)c1CN1CCNCC1c1cccnc1. The molecule has 1 aromatic carbocycles. The molecule has 2 aromatic rings. The second-order valence-electron chi connectivity index (χ2n) is 5.18. The fourth-order valence-electron chi connectivity index (χ4n) is 2.72. The minimum absolute atomic E-state index is 0.291. The average Bonchev–Trinajstić information content (AvgIpc) is 2.52. The molecular formula is C16H17Cl2N3. The standard InChI is InChI=1S/C16H17Cl2N3/c17-14-4-1-5-15(18)13(14)11-21-8-7-20-10-16(21)12-3-2-6-19-9-12/h1-6,9,16,20H,7-8,10-11H2. The molecule has 1 N–H and O–H groups in total. The Morgan fingerprint density at radius 3 is 2.71 bits per heavy atom. The molecule has 1 aliphatic heterocycles. The molecule has 0 spiro atoms. The number of pyridine rings is 1. The third-order valence-corrected chi connectivity index (χ3v) is 4.55. The second kappa shape index (κ2) is 6.75. The Morgan fingerprint density at radius 1 is 1.19 bits per heavy atom. The molecule has 1 unspecified atom stereocenters. The van der Waals surface area contributed by atoms with Crippen molar-refractivity contribution in [1.29, 1.82) is 0 Å². The van der Waals surface area contributed by atoms with Gasteiger partial charge in [0.1, 0.15) is 0 Å². The number of halogens is 2. The smallest absolute Gasteiger partial charge is 0.0492 e. The van der Waals surface area contributed by atoms with Crippen LogP contribution in [0.1, 0.15) is 17.2 Å². The van der Waals surface area contributed by atoms with Crippen molar-refractivity contribution < 1.29 is 0 Å². The van der Waals surface area contributed by atoms with E-state index in [0.29, 0.717) is 6.04 Å². The summed E-state index contributed by atoms with van der Waals surface area (Å²) in [5.41, 5.74) is 2.21. The van der Waals surface area contributed by atoms with Gasteiger partial charge in [-0.15, -0.1) is 0 Å². The van der Waals surface area contributed by atoms with Crippen molar-refractivity contribution in [2.75, 3.05) is 19.6 Å². The Hall–Kier alpha value is -1.13. The van der Waals surface area contributed by atoms with Gasteiger partial charge < -0.3 is 5.32 Å². The monoisotopic (exact) mass is 321 g/mol. The van der Waals surface area contributed by atoms with Crippen LogP contribution < -0.4 is 5.32 Å². The molecule has 0 aliphatic carbocycles. The predicted octanol–water partition coefficient (Wildman–Crippen LogP) is 3.53. The molecule has 21 heavy (non-hydrogen) atoms. The summed E-state index contributed by atoms with van der Waals surface area (Å²) in [4.78, 5) is 6.63. The maximum absolute atomic E-state index is 6.30. The normalized spacial score (nSPS) is 19.6. The molecule has 3 nitrogen and oxygen atoms in total. The van der Waals surface area contributed by atoms with Gasteiger partial charge in [0.25, 0.3) is 0 Å². The van der Waals surface area contributed by atoms with Crippen LogP contribution in [0.4, 0.5) is 0 Å². The zero-order valence-electron chi connectivity index (χ0n) is 11.6. The van der Waals surface area contributed by atoms with Crippen molar-refractivity contribution in [3.63, 3.8) is 0 Å². The first-order valence-electron chi connectivity index (χ1n) is 7.03. The van der Waals surface area contributed by atoms with E-state index in [4.69, 9.17) is 23.2 Å². The zero-order chi connectivity index (χ0) is 14.7. The molecular weight excluding hydrogens is 305 g/mol. The predicted molar refractivity (Wildman–Crippen MR) is 86.7 cm³/mol. The number of benzene rings is 1. The Bertz CT molecular complexity index is 583. The molecule has 0 radical (unpaired) electrons. The molecule has 1 aliphatic rings. The minimum atomic E-state index is 0.291. The highest BCUT2D eigenvalue weighted by atomic mass is 35.5. The van der Waals surface area contributed by atoms with Gasteiger partial charge >= 0.3 is 0 Å². The van der Waals surface area contributed by atoms with E-state index in [2.05, 4.69) is 21.3 Å². The Morgan fingerprint density at radius 2 is 2.00 bits per heavy atom. The van der Waals surface area contributed by atoms with Crippen LogP contribution in [-0.4, -0.2) is 29.5 Å². The van der Waals surface area contributed by atoms with Crippen molar-refractivity contribution in [1.82, 2.24) is 15.2 Å². The van der Waals surface area contributed by atoms with Crippen molar-refractivity contribution in [3.05, 3.63) is 63.9 Å². The molecule has 1 saturated heterocycles. The van der Waals surface area contributed by atoms with Gasteiger partial charge in [0.05, 0.1) is 0 Å². The highest BCUT2D eigenvalue weighted by Gasteiger charge is 2.25. The van der Waals surface area contributed by atoms with Crippen LogP contribution in [0.25, 0.3) is 0 Å². The van der Waals surface area contributed by atoms with Crippen LogP contribution in [0.15, 0.2) is 42.7 Å². The van der Waals surface area contributed by atoms with Crippen molar-refractivity contribution in [2.24, 2.45) is 0 Å². The summed E-state index contributed by atoms with van der Waals surface area (Å²) in [5.74, 6) is 0. The first-order valence-corrected chi connectivity index (χ1v) is 7.79. The number of nitrogens with one attached hydrogen (secondary N) is 1. The zero-order valence-corrected chi connectivity index (χ0v) is 13.1. The molecule has 3 rings (SSSR count). The van der Waals surface area contributed by atoms with Crippen LogP contribution >= 0.6 is 23.2 Å². The van der Waals surface area contributed by atoms with Crippen LogP contribution in [0.2, 0.25) is 10.0 Å². The van der Waals surface area contributed by atoms with Crippen molar-refractivity contribution in [3.8, 4) is 0 Å². The number of nitrogens with zero attached hydrogens (tertiary/aromatic N) is 2. The van der Waals surface area contributed by atoms with Gasteiger partial charge in [0, 0.05) is 60.2 Å². The number of rotatable bonds is 3. The quantitative estimate of drug-likeness (QED) is 0.937. The first kappa shape index (κ1) is 14.8. The minimum Gasteiger partial charge on any atom is -0.314 e.